The normalized spacial score (nSPS) is 17.6. The molecule has 2 rings (SSSR count). The molecule has 1 aliphatic rings. The number of carbonyl (C=O) groups is 1. The van der Waals surface area contributed by atoms with Crippen molar-refractivity contribution in [2.24, 2.45) is 5.73 Å². The molecule has 0 amide bonds. The number of aliphatic carboxylic acids is 1. The monoisotopic (exact) mass is 270 g/mol. The van der Waals surface area contributed by atoms with Crippen LogP contribution in [-0.2, 0) is 9.53 Å². The first-order valence-electron chi connectivity index (χ1n) is 5.70. The molecular weight excluding hydrogens is 256 g/mol. The average molecular weight is 271 g/mol. The standard InChI is InChI=1S/C12H15ClN2O3/c13-9-7-8(11(14)12(16)17)1-2-10(9)15-3-5-18-6-4-15/h1-2,7,11H,3-6,14H2,(H,16,17)/t11-/m0/s1. The fourth-order valence-electron chi connectivity index (χ4n) is 1.92. The van der Waals surface area contributed by atoms with Gasteiger partial charge in [0.1, 0.15) is 6.04 Å². The molecule has 5 nitrogen and oxygen atoms in total. The van der Waals surface area contributed by atoms with Gasteiger partial charge in [-0.25, -0.2) is 0 Å². The van der Waals surface area contributed by atoms with E-state index < -0.39 is 12.0 Å². The Morgan fingerprint density at radius 1 is 1.44 bits per heavy atom. The largest absolute Gasteiger partial charge is 0.480 e. The topological polar surface area (TPSA) is 75.8 Å². The lowest BCUT2D eigenvalue weighted by Crippen LogP contribution is -2.36. The third kappa shape index (κ3) is 2.75. The highest BCUT2D eigenvalue weighted by molar-refractivity contribution is 6.33. The van der Waals surface area contributed by atoms with Crippen molar-refractivity contribution in [1.29, 1.82) is 0 Å². The SMILES string of the molecule is N[C@H](C(=O)O)c1ccc(N2CCOCC2)c(Cl)c1. The predicted molar refractivity (Wildman–Crippen MR) is 69.0 cm³/mol. The summed E-state index contributed by atoms with van der Waals surface area (Å²) in [6, 6.07) is 4.09. The minimum atomic E-state index is -1.06. The highest BCUT2D eigenvalue weighted by Crippen LogP contribution is 2.29. The second-order valence-electron chi connectivity index (χ2n) is 4.13. The van der Waals surface area contributed by atoms with Crippen molar-refractivity contribution in [2.75, 3.05) is 31.2 Å². The number of morpholine rings is 1. The van der Waals surface area contributed by atoms with Crippen molar-refractivity contribution < 1.29 is 14.6 Å². The first kappa shape index (κ1) is 13.1. The number of carboxylic acids is 1. The van der Waals surface area contributed by atoms with E-state index >= 15 is 0 Å². The Morgan fingerprint density at radius 2 is 2.11 bits per heavy atom. The van der Waals surface area contributed by atoms with Gasteiger partial charge < -0.3 is 20.5 Å². The summed E-state index contributed by atoms with van der Waals surface area (Å²) in [4.78, 5) is 12.9. The van der Waals surface area contributed by atoms with Crippen LogP contribution < -0.4 is 10.6 Å². The fourth-order valence-corrected chi connectivity index (χ4v) is 2.23. The maximum atomic E-state index is 10.8. The molecular formula is C12H15ClN2O3. The Hall–Kier alpha value is -1.30. The lowest BCUT2D eigenvalue weighted by Gasteiger charge is -2.29. The second-order valence-corrected chi connectivity index (χ2v) is 4.53. The van der Waals surface area contributed by atoms with E-state index in [2.05, 4.69) is 4.90 Å². The molecule has 1 heterocycles. The van der Waals surface area contributed by atoms with Gasteiger partial charge in [0.2, 0.25) is 0 Å². The van der Waals surface area contributed by atoms with E-state index in [4.69, 9.17) is 27.2 Å². The summed E-state index contributed by atoms with van der Waals surface area (Å²) in [5.74, 6) is -1.06. The molecule has 98 valence electrons. The molecule has 1 fully saturated rings. The van der Waals surface area contributed by atoms with Crippen LogP contribution in [0.1, 0.15) is 11.6 Å². The molecule has 0 saturated carbocycles. The smallest absolute Gasteiger partial charge is 0.325 e. The molecule has 1 aromatic carbocycles. The molecule has 0 unspecified atom stereocenters. The van der Waals surface area contributed by atoms with Crippen LogP contribution in [0.15, 0.2) is 18.2 Å². The minimum absolute atomic E-state index is 0.504. The number of anilines is 1. The van der Waals surface area contributed by atoms with Crippen LogP contribution >= 0.6 is 11.6 Å². The van der Waals surface area contributed by atoms with Crippen molar-refractivity contribution in [1.82, 2.24) is 0 Å². The van der Waals surface area contributed by atoms with Crippen molar-refractivity contribution in [3.8, 4) is 0 Å². The Balaban J connectivity index is 2.21. The first-order valence-corrected chi connectivity index (χ1v) is 6.08. The second kappa shape index (κ2) is 5.56. The Bertz CT molecular complexity index is 447. The molecule has 1 atom stereocenters. The number of carboxylic acid groups (broad SMARTS) is 1. The molecule has 1 saturated heterocycles. The van der Waals surface area contributed by atoms with E-state index in [1.165, 1.54) is 0 Å². The van der Waals surface area contributed by atoms with Gasteiger partial charge in [-0.15, -0.1) is 0 Å². The molecule has 1 aromatic rings. The quantitative estimate of drug-likeness (QED) is 0.865. The van der Waals surface area contributed by atoms with Gasteiger partial charge in [0.15, 0.2) is 0 Å². The number of rotatable bonds is 3. The van der Waals surface area contributed by atoms with Crippen LogP contribution in [0.3, 0.4) is 0 Å². The molecule has 18 heavy (non-hydrogen) atoms. The number of halogens is 1. The third-order valence-electron chi connectivity index (χ3n) is 2.95. The van der Waals surface area contributed by atoms with E-state index in [0.29, 0.717) is 23.8 Å². The van der Waals surface area contributed by atoms with Crippen molar-refractivity contribution >= 4 is 23.3 Å². The highest BCUT2D eigenvalue weighted by Gasteiger charge is 2.18. The zero-order valence-corrected chi connectivity index (χ0v) is 10.6. The van der Waals surface area contributed by atoms with Gasteiger partial charge in [-0.1, -0.05) is 17.7 Å². The number of nitrogens with two attached hydrogens (primary N) is 1. The van der Waals surface area contributed by atoms with Crippen LogP contribution in [0.5, 0.6) is 0 Å². The summed E-state index contributed by atoms with van der Waals surface area (Å²) in [6.07, 6.45) is 0. The van der Waals surface area contributed by atoms with Crippen molar-refractivity contribution in [2.45, 2.75) is 6.04 Å². The molecule has 0 radical (unpaired) electrons. The Morgan fingerprint density at radius 3 is 2.67 bits per heavy atom. The molecule has 0 aliphatic carbocycles. The van der Waals surface area contributed by atoms with Crippen LogP contribution in [0.4, 0.5) is 5.69 Å². The molecule has 0 spiro atoms. The molecule has 3 N–H and O–H groups in total. The summed E-state index contributed by atoms with van der Waals surface area (Å²) >= 11 is 6.18. The first-order chi connectivity index (χ1) is 8.59. The number of nitrogens with zero attached hydrogens (tertiary/aromatic N) is 1. The summed E-state index contributed by atoms with van der Waals surface area (Å²) < 4.78 is 5.27. The number of hydrogen-bond donors (Lipinski definition) is 2. The molecule has 0 bridgehead atoms. The summed E-state index contributed by atoms with van der Waals surface area (Å²) in [6.45, 7) is 2.91. The van der Waals surface area contributed by atoms with E-state index in [0.717, 1.165) is 18.8 Å². The van der Waals surface area contributed by atoms with E-state index in [1.54, 1.807) is 12.1 Å². The fraction of sp³-hybridized carbons (Fsp3) is 0.417. The van der Waals surface area contributed by atoms with Gasteiger partial charge >= 0.3 is 5.97 Å². The third-order valence-corrected chi connectivity index (χ3v) is 3.25. The Kier molecular flexibility index (Phi) is 4.06. The van der Waals surface area contributed by atoms with Crippen LogP contribution in [0.2, 0.25) is 5.02 Å². The zero-order valence-electron chi connectivity index (χ0n) is 9.80. The van der Waals surface area contributed by atoms with Crippen LogP contribution in [0.25, 0.3) is 0 Å². The molecule has 1 aliphatic heterocycles. The lowest BCUT2D eigenvalue weighted by molar-refractivity contribution is -0.138. The number of ether oxygens (including phenoxy) is 1. The average Bonchev–Trinajstić information content (AvgIpc) is 2.38. The molecule has 0 aromatic heterocycles. The van der Waals surface area contributed by atoms with Crippen molar-refractivity contribution in [3.63, 3.8) is 0 Å². The number of hydrogen-bond acceptors (Lipinski definition) is 4. The summed E-state index contributed by atoms with van der Waals surface area (Å²) in [5.41, 5.74) is 6.94. The summed E-state index contributed by atoms with van der Waals surface area (Å²) in [5, 5.41) is 9.37. The van der Waals surface area contributed by atoms with E-state index in [-0.39, 0.29) is 0 Å². The van der Waals surface area contributed by atoms with Gasteiger partial charge in [-0.05, 0) is 17.7 Å². The van der Waals surface area contributed by atoms with Crippen LogP contribution in [0, 0.1) is 0 Å². The summed E-state index contributed by atoms with van der Waals surface area (Å²) in [7, 11) is 0. The van der Waals surface area contributed by atoms with Gasteiger partial charge in [0, 0.05) is 13.1 Å². The maximum absolute atomic E-state index is 10.8. The lowest BCUT2D eigenvalue weighted by atomic mass is 10.1. The van der Waals surface area contributed by atoms with Crippen LogP contribution in [-0.4, -0.2) is 37.4 Å². The van der Waals surface area contributed by atoms with Gasteiger partial charge in [-0.2, -0.15) is 0 Å². The van der Waals surface area contributed by atoms with E-state index in [1.807, 2.05) is 6.07 Å². The zero-order chi connectivity index (χ0) is 13.1. The van der Waals surface area contributed by atoms with Crippen molar-refractivity contribution in [3.05, 3.63) is 28.8 Å². The molecule has 6 heteroatoms. The predicted octanol–water partition coefficient (Wildman–Crippen LogP) is 1.26. The van der Waals surface area contributed by atoms with E-state index in [9.17, 15) is 4.79 Å². The van der Waals surface area contributed by atoms with Gasteiger partial charge in [-0.3, -0.25) is 4.79 Å². The van der Waals surface area contributed by atoms with Gasteiger partial charge in [0.25, 0.3) is 0 Å². The van der Waals surface area contributed by atoms with Gasteiger partial charge in [0.05, 0.1) is 23.9 Å². The Labute approximate surface area is 110 Å². The highest BCUT2D eigenvalue weighted by atomic mass is 35.5. The minimum Gasteiger partial charge on any atom is -0.480 e. The maximum Gasteiger partial charge on any atom is 0.325 e. The number of benzene rings is 1.